The quantitative estimate of drug-likeness (QED) is 0.801. The van der Waals surface area contributed by atoms with Crippen LogP contribution in [0, 0.1) is 0 Å². The molecule has 0 heterocycles. The van der Waals surface area contributed by atoms with Gasteiger partial charge in [0.15, 0.2) is 0 Å². The topological polar surface area (TPSA) is 52.0 Å². The smallest absolute Gasteiger partial charge is 0.398 e. The van der Waals surface area contributed by atoms with Gasteiger partial charge in [-0.15, -0.1) is 0 Å². The first-order chi connectivity index (χ1) is 8.39. The number of hydrogen-bond donors (Lipinski definition) is 2. The Morgan fingerprint density at radius 1 is 1.17 bits per heavy atom. The molecular formula is C13H17F3N2. The van der Waals surface area contributed by atoms with Gasteiger partial charge in [-0.25, -0.2) is 0 Å². The minimum Gasteiger partial charge on any atom is -0.398 e. The van der Waals surface area contributed by atoms with E-state index in [1.807, 2.05) is 0 Å². The number of nitrogen functional groups attached to an aromatic ring is 1. The molecule has 0 saturated heterocycles. The third kappa shape index (κ3) is 2.19. The fraction of sp³-hybridized carbons (Fsp3) is 0.538. The molecule has 1 aliphatic rings. The summed E-state index contributed by atoms with van der Waals surface area (Å²) in [4.78, 5) is 0. The second kappa shape index (κ2) is 4.46. The molecule has 1 aromatic carbocycles. The van der Waals surface area contributed by atoms with Crippen LogP contribution in [0.2, 0.25) is 0 Å². The number of anilines is 1. The van der Waals surface area contributed by atoms with Crippen LogP contribution in [0.3, 0.4) is 0 Å². The highest BCUT2D eigenvalue weighted by molar-refractivity contribution is 5.54. The van der Waals surface area contributed by atoms with Crippen LogP contribution in [-0.2, 0) is 11.6 Å². The monoisotopic (exact) mass is 258 g/mol. The van der Waals surface area contributed by atoms with Gasteiger partial charge in [0.1, 0.15) is 0 Å². The Balaban J connectivity index is 2.41. The van der Waals surface area contributed by atoms with Crippen LogP contribution in [-0.4, -0.2) is 6.54 Å². The van der Waals surface area contributed by atoms with Crippen molar-refractivity contribution in [1.82, 2.24) is 0 Å². The van der Waals surface area contributed by atoms with Gasteiger partial charge < -0.3 is 11.5 Å². The Kier molecular flexibility index (Phi) is 3.27. The molecule has 1 fully saturated rings. The lowest BCUT2D eigenvalue weighted by Crippen LogP contribution is -2.33. The number of halogens is 3. The Bertz CT molecular complexity index is 434. The lowest BCUT2D eigenvalue weighted by atomic mass is 9.78. The maximum atomic E-state index is 12.6. The molecule has 18 heavy (non-hydrogen) atoms. The molecule has 0 radical (unpaired) electrons. The van der Waals surface area contributed by atoms with Gasteiger partial charge in [0, 0.05) is 17.6 Å². The first-order valence-corrected chi connectivity index (χ1v) is 6.06. The van der Waals surface area contributed by atoms with Gasteiger partial charge in [-0.1, -0.05) is 18.9 Å². The number of hydrogen-bond acceptors (Lipinski definition) is 2. The third-order valence-electron chi connectivity index (χ3n) is 3.90. The van der Waals surface area contributed by atoms with E-state index >= 15 is 0 Å². The molecule has 100 valence electrons. The second-order valence-corrected chi connectivity index (χ2v) is 4.99. The Morgan fingerprint density at radius 3 is 2.22 bits per heavy atom. The SMILES string of the molecule is NCC1(c2ccc(C(F)(F)F)cc2N)CCCC1. The minimum absolute atomic E-state index is 0.206. The zero-order chi connectivity index (χ0) is 13.4. The number of rotatable bonds is 2. The molecule has 4 N–H and O–H groups in total. The van der Waals surface area contributed by atoms with Crippen molar-refractivity contribution < 1.29 is 13.2 Å². The summed E-state index contributed by atoms with van der Waals surface area (Å²) in [5.74, 6) is 0. The van der Waals surface area contributed by atoms with Gasteiger partial charge in [-0.3, -0.25) is 0 Å². The van der Waals surface area contributed by atoms with Gasteiger partial charge in [0.25, 0.3) is 0 Å². The van der Waals surface area contributed by atoms with E-state index in [1.54, 1.807) is 0 Å². The van der Waals surface area contributed by atoms with Crippen molar-refractivity contribution in [2.75, 3.05) is 12.3 Å². The maximum Gasteiger partial charge on any atom is 0.416 e. The van der Waals surface area contributed by atoms with Crippen molar-refractivity contribution in [3.8, 4) is 0 Å². The molecule has 0 unspecified atom stereocenters. The van der Waals surface area contributed by atoms with Crippen molar-refractivity contribution in [1.29, 1.82) is 0 Å². The van der Waals surface area contributed by atoms with Crippen molar-refractivity contribution in [3.63, 3.8) is 0 Å². The number of nitrogens with two attached hydrogens (primary N) is 2. The summed E-state index contributed by atoms with van der Waals surface area (Å²) in [7, 11) is 0. The van der Waals surface area contributed by atoms with E-state index in [1.165, 1.54) is 6.07 Å². The van der Waals surface area contributed by atoms with Crippen LogP contribution in [0.4, 0.5) is 18.9 Å². The van der Waals surface area contributed by atoms with Crippen molar-refractivity contribution in [3.05, 3.63) is 29.3 Å². The molecule has 1 aliphatic carbocycles. The molecule has 0 atom stereocenters. The molecule has 2 nitrogen and oxygen atoms in total. The Labute approximate surface area is 104 Å². The Hall–Kier alpha value is -1.23. The van der Waals surface area contributed by atoms with Crippen LogP contribution in [0.15, 0.2) is 18.2 Å². The highest BCUT2D eigenvalue weighted by Crippen LogP contribution is 2.43. The molecule has 0 aliphatic heterocycles. The highest BCUT2D eigenvalue weighted by Gasteiger charge is 2.37. The summed E-state index contributed by atoms with van der Waals surface area (Å²) < 4.78 is 37.7. The van der Waals surface area contributed by atoms with E-state index in [0.29, 0.717) is 6.54 Å². The summed E-state index contributed by atoms with van der Waals surface area (Å²) >= 11 is 0. The average Bonchev–Trinajstić information content (AvgIpc) is 2.77. The average molecular weight is 258 g/mol. The predicted molar refractivity (Wildman–Crippen MR) is 65.1 cm³/mol. The van der Waals surface area contributed by atoms with Gasteiger partial charge in [0.05, 0.1) is 5.56 Å². The van der Waals surface area contributed by atoms with Crippen LogP contribution in [0.25, 0.3) is 0 Å². The molecule has 0 spiro atoms. The molecule has 0 aromatic heterocycles. The lowest BCUT2D eigenvalue weighted by molar-refractivity contribution is -0.137. The van der Waals surface area contributed by atoms with Crippen LogP contribution >= 0.6 is 0 Å². The second-order valence-electron chi connectivity index (χ2n) is 4.99. The summed E-state index contributed by atoms with van der Waals surface area (Å²) in [5.41, 5.74) is 11.7. The van der Waals surface area contributed by atoms with E-state index in [0.717, 1.165) is 43.4 Å². The lowest BCUT2D eigenvalue weighted by Gasteiger charge is -2.29. The molecule has 0 amide bonds. The van der Waals surface area contributed by atoms with E-state index in [2.05, 4.69) is 0 Å². The van der Waals surface area contributed by atoms with Crippen molar-refractivity contribution in [2.45, 2.75) is 37.3 Å². The van der Waals surface area contributed by atoms with Gasteiger partial charge in [0.2, 0.25) is 0 Å². The van der Waals surface area contributed by atoms with Crippen molar-refractivity contribution in [2.24, 2.45) is 5.73 Å². The van der Waals surface area contributed by atoms with Gasteiger partial charge >= 0.3 is 6.18 Å². The van der Waals surface area contributed by atoms with Crippen LogP contribution in [0.1, 0.15) is 36.8 Å². The zero-order valence-electron chi connectivity index (χ0n) is 10.1. The summed E-state index contributed by atoms with van der Waals surface area (Å²) in [5, 5.41) is 0. The molecular weight excluding hydrogens is 241 g/mol. The fourth-order valence-corrected chi connectivity index (χ4v) is 2.86. The van der Waals surface area contributed by atoms with Crippen LogP contribution < -0.4 is 11.5 Å². The standard InChI is InChI=1S/C13H17F3N2/c14-13(15,16)9-3-4-10(11(18)7-9)12(8-17)5-1-2-6-12/h3-4,7H,1-2,5-6,8,17-18H2. The highest BCUT2D eigenvalue weighted by atomic mass is 19.4. The summed E-state index contributed by atoms with van der Waals surface area (Å²) in [6.45, 7) is 0.433. The van der Waals surface area contributed by atoms with Gasteiger partial charge in [-0.2, -0.15) is 13.2 Å². The maximum absolute atomic E-state index is 12.6. The Morgan fingerprint density at radius 2 is 1.78 bits per heavy atom. The number of benzene rings is 1. The van der Waals surface area contributed by atoms with E-state index in [-0.39, 0.29) is 11.1 Å². The predicted octanol–water partition coefficient (Wildman–Crippen LogP) is 3.06. The number of alkyl halides is 3. The molecule has 1 saturated carbocycles. The first-order valence-electron chi connectivity index (χ1n) is 6.06. The molecule has 2 rings (SSSR count). The normalized spacial score (nSPS) is 19.1. The van der Waals surface area contributed by atoms with E-state index < -0.39 is 11.7 Å². The third-order valence-corrected chi connectivity index (χ3v) is 3.90. The van der Waals surface area contributed by atoms with Gasteiger partial charge in [-0.05, 0) is 30.5 Å². The molecule has 5 heteroatoms. The molecule has 1 aromatic rings. The van der Waals surface area contributed by atoms with E-state index in [9.17, 15) is 13.2 Å². The summed E-state index contributed by atoms with van der Waals surface area (Å²) in [6.07, 6.45) is -0.439. The summed E-state index contributed by atoms with van der Waals surface area (Å²) in [6, 6.07) is 3.61. The van der Waals surface area contributed by atoms with Crippen molar-refractivity contribution >= 4 is 5.69 Å². The zero-order valence-corrected chi connectivity index (χ0v) is 10.1. The largest absolute Gasteiger partial charge is 0.416 e. The molecule has 0 bridgehead atoms. The fourth-order valence-electron chi connectivity index (χ4n) is 2.86. The van der Waals surface area contributed by atoms with Crippen LogP contribution in [0.5, 0.6) is 0 Å². The minimum atomic E-state index is -4.35. The first kappa shape index (κ1) is 13.2. The van der Waals surface area contributed by atoms with E-state index in [4.69, 9.17) is 11.5 Å².